The van der Waals surface area contributed by atoms with Gasteiger partial charge in [-0.3, -0.25) is 13.9 Å². The Bertz CT molecular complexity index is 1750. The van der Waals surface area contributed by atoms with Crippen LogP contribution in [0.3, 0.4) is 0 Å². The Hall–Kier alpha value is -3.56. The Morgan fingerprint density at radius 3 is 2.11 bits per heavy atom. The maximum Gasteiger partial charge on any atom is 0.264 e. The quantitative estimate of drug-likeness (QED) is 0.169. The summed E-state index contributed by atoms with van der Waals surface area (Å²) in [5.41, 5.74) is 2.53. The van der Waals surface area contributed by atoms with Gasteiger partial charge in [-0.2, -0.15) is 0 Å². The fraction of sp³-hybridized carbons (Fsp3) is 0.235. The summed E-state index contributed by atoms with van der Waals surface area (Å²) in [6, 6.07) is 25.7. The van der Waals surface area contributed by atoms with Crippen LogP contribution in [0.4, 0.5) is 5.69 Å². The van der Waals surface area contributed by atoms with Gasteiger partial charge in [-0.15, -0.1) is 0 Å². The van der Waals surface area contributed by atoms with Crippen molar-refractivity contribution >= 4 is 62.3 Å². The molecule has 4 aromatic carbocycles. The third-order valence-electron chi connectivity index (χ3n) is 7.02. The van der Waals surface area contributed by atoms with Gasteiger partial charge in [0.05, 0.1) is 20.6 Å². The van der Waals surface area contributed by atoms with Crippen molar-refractivity contribution < 1.29 is 18.0 Å². The number of hydrogen-bond acceptors (Lipinski definition) is 4. The molecule has 4 rings (SSSR count). The van der Waals surface area contributed by atoms with Crippen LogP contribution in [0, 0.1) is 6.92 Å². The zero-order valence-corrected chi connectivity index (χ0v) is 28.2. The van der Waals surface area contributed by atoms with Crippen molar-refractivity contribution in [3.8, 4) is 0 Å². The van der Waals surface area contributed by atoms with Crippen LogP contribution >= 0.6 is 34.8 Å². The number of rotatable bonds is 12. The highest BCUT2D eigenvalue weighted by Crippen LogP contribution is 2.28. The van der Waals surface area contributed by atoms with Crippen molar-refractivity contribution in [1.29, 1.82) is 0 Å². The molecule has 1 unspecified atom stereocenters. The summed E-state index contributed by atoms with van der Waals surface area (Å²) in [4.78, 5) is 29.6. The van der Waals surface area contributed by atoms with Gasteiger partial charge >= 0.3 is 0 Å². The van der Waals surface area contributed by atoms with Crippen molar-refractivity contribution in [1.82, 2.24) is 10.2 Å². The first-order valence-corrected chi connectivity index (χ1v) is 16.8. The average Bonchev–Trinajstić information content (AvgIpc) is 2.99. The van der Waals surface area contributed by atoms with Crippen LogP contribution in [-0.4, -0.2) is 43.8 Å². The van der Waals surface area contributed by atoms with Gasteiger partial charge in [-0.05, 0) is 74.4 Å². The molecule has 0 radical (unpaired) electrons. The summed E-state index contributed by atoms with van der Waals surface area (Å²) in [5, 5.41) is 3.86. The topological polar surface area (TPSA) is 86.8 Å². The number of aryl methyl sites for hydroxylation is 1. The van der Waals surface area contributed by atoms with E-state index in [0.717, 1.165) is 15.4 Å². The minimum Gasteiger partial charge on any atom is -0.352 e. The number of carbonyl (C=O) groups excluding carboxylic acids is 2. The predicted octanol–water partition coefficient (Wildman–Crippen LogP) is 7.32. The fourth-order valence-corrected chi connectivity index (χ4v) is 6.68. The zero-order valence-electron chi connectivity index (χ0n) is 25.1. The first-order valence-electron chi connectivity index (χ1n) is 14.3. The van der Waals surface area contributed by atoms with E-state index in [1.165, 1.54) is 23.1 Å². The first-order chi connectivity index (χ1) is 21.3. The molecule has 2 amide bonds. The first kappa shape index (κ1) is 34.3. The molecule has 0 spiro atoms. The molecular formula is C34H34Cl3N3O4S. The van der Waals surface area contributed by atoms with E-state index in [1.807, 2.05) is 51.1 Å². The molecule has 0 fully saturated rings. The standard InChI is InChI=1S/C34H34Cl3N3O4S/c1-23(2)38-34(42)32(19-25-8-5-4-6-9-25)39(21-26-14-17-30(36)31(37)18-26)33(41)22-40(28-11-7-10-27(35)20-28)45(43,44)29-15-12-24(3)13-16-29/h4-18,20,23,32H,19,21-22H2,1-3H3,(H,38,42). The van der Waals surface area contributed by atoms with E-state index >= 15 is 0 Å². The molecule has 0 aliphatic rings. The van der Waals surface area contributed by atoms with Gasteiger partial charge in [0, 0.05) is 24.0 Å². The number of anilines is 1. The van der Waals surface area contributed by atoms with Crippen LogP contribution in [-0.2, 0) is 32.6 Å². The fourth-order valence-electron chi connectivity index (χ4n) is 4.77. The predicted molar refractivity (Wildman–Crippen MR) is 181 cm³/mol. The number of carbonyl (C=O) groups is 2. The second kappa shape index (κ2) is 15.1. The van der Waals surface area contributed by atoms with Gasteiger partial charge in [0.25, 0.3) is 10.0 Å². The Morgan fingerprint density at radius 1 is 0.800 bits per heavy atom. The van der Waals surface area contributed by atoms with Crippen molar-refractivity contribution in [3.05, 3.63) is 129 Å². The molecule has 0 saturated carbocycles. The molecular weight excluding hydrogens is 653 g/mol. The molecule has 4 aromatic rings. The molecule has 236 valence electrons. The van der Waals surface area contributed by atoms with E-state index in [0.29, 0.717) is 15.6 Å². The van der Waals surface area contributed by atoms with Crippen LogP contribution < -0.4 is 9.62 Å². The Morgan fingerprint density at radius 2 is 1.49 bits per heavy atom. The van der Waals surface area contributed by atoms with Gasteiger partial charge in [-0.1, -0.05) is 95.0 Å². The van der Waals surface area contributed by atoms with Crippen LogP contribution in [0.15, 0.2) is 102 Å². The molecule has 0 bridgehead atoms. The molecule has 0 heterocycles. The van der Waals surface area contributed by atoms with E-state index in [9.17, 15) is 18.0 Å². The van der Waals surface area contributed by atoms with Gasteiger partial charge in [0.1, 0.15) is 12.6 Å². The Kier molecular flexibility index (Phi) is 11.6. The maximum atomic E-state index is 14.5. The van der Waals surface area contributed by atoms with Crippen LogP contribution in [0.5, 0.6) is 0 Å². The lowest BCUT2D eigenvalue weighted by atomic mass is 10.0. The zero-order chi connectivity index (χ0) is 32.7. The lowest BCUT2D eigenvalue weighted by Crippen LogP contribution is -2.54. The van der Waals surface area contributed by atoms with Crippen LogP contribution in [0.2, 0.25) is 15.1 Å². The van der Waals surface area contributed by atoms with Gasteiger partial charge in [-0.25, -0.2) is 8.42 Å². The van der Waals surface area contributed by atoms with E-state index < -0.39 is 28.5 Å². The lowest BCUT2D eigenvalue weighted by Gasteiger charge is -2.34. The van der Waals surface area contributed by atoms with Gasteiger partial charge in [0.2, 0.25) is 11.8 Å². The molecule has 11 heteroatoms. The number of amides is 2. The summed E-state index contributed by atoms with van der Waals surface area (Å²) in [5.74, 6) is -0.977. The molecule has 0 aromatic heterocycles. The Balaban J connectivity index is 1.82. The van der Waals surface area contributed by atoms with Crippen molar-refractivity contribution in [2.24, 2.45) is 0 Å². The third kappa shape index (κ3) is 9.01. The third-order valence-corrected chi connectivity index (χ3v) is 9.79. The number of sulfonamides is 1. The largest absolute Gasteiger partial charge is 0.352 e. The van der Waals surface area contributed by atoms with E-state index in [4.69, 9.17) is 34.8 Å². The maximum absolute atomic E-state index is 14.5. The smallest absolute Gasteiger partial charge is 0.264 e. The number of nitrogens with one attached hydrogen (secondary N) is 1. The summed E-state index contributed by atoms with van der Waals surface area (Å²) in [6.07, 6.45) is 0.189. The molecule has 1 N–H and O–H groups in total. The molecule has 45 heavy (non-hydrogen) atoms. The average molecular weight is 687 g/mol. The molecule has 0 aliphatic carbocycles. The second-order valence-corrected chi connectivity index (χ2v) is 14.1. The highest BCUT2D eigenvalue weighted by atomic mass is 35.5. The number of benzene rings is 4. The van der Waals surface area contributed by atoms with Crippen molar-refractivity contribution in [2.45, 2.75) is 50.7 Å². The Labute approximate surface area is 279 Å². The molecule has 1 atom stereocenters. The number of halogens is 3. The number of nitrogens with zero attached hydrogens (tertiary/aromatic N) is 2. The van der Waals surface area contributed by atoms with Crippen LogP contribution in [0.25, 0.3) is 0 Å². The summed E-state index contributed by atoms with van der Waals surface area (Å²) in [6.45, 7) is 4.88. The van der Waals surface area contributed by atoms with Gasteiger partial charge < -0.3 is 10.2 Å². The summed E-state index contributed by atoms with van der Waals surface area (Å²) in [7, 11) is -4.24. The molecule has 0 aliphatic heterocycles. The minimum atomic E-state index is -4.24. The minimum absolute atomic E-state index is 0.00953. The van der Waals surface area contributed by atoms with Crippen molar-refractivity contribution in [2.75, 3.05) is 10.8 Å². The van der Waals surface area contributed by atoms with Crippen LogP contribution in [0.1, 0.15) is 30.5 Å². The highest BCUT2D eigenvalue weighted by Gasteiger charge is 2.35. The summed E-state index contributed by atoms with van der Waals surface area (Å²) < 4.78 is 29.2. The van der Waals surface area contributed by atoms with E-state index in [-0.39, 0.29) is 40.5 Å². The molecule has 7 nitrogen and oxygen atoms in total. The van der Waals surface area contributed by atoms with E-state index in [1.54, 1.807) is 48.5 Å². The van der Waals surface area contributed by atoms with Crippen molar-refractivity contribution in [3.63, 3.8) is 0 Å². The normalized spacial score (nSPS) is 12.1. The monoisotopic (exact) mass is 685 g/mol. The van der Waals surface area contributed by atoms with Gasteiger partial charge in [0.15, 0.2) is 0 Å². The SMILES string of the molecule is Cc1ccc(S(=O)(=O)N(CC(=O)N(Cc2ccc(Cl)c(Cl)c2)C(Cc2ccccc2)C(=O)NC(C)C)c2cccc(Cl)c2)cc1. The second-order valence-electron chi connectivity index (χ2n) is 10.9. The highest BCUT2D eigenvalue weighted by molar-refractivity contribution is 7.92. The summed E-state index contributed by atoms with van der Waals surface area (Å²) >= 11 is 18.8. The molecule has 0 saturated heterocycles. The lowest BCUT2D eigenvalue weighted by molar-refractivity contribution is -0.140. The number of hydrogen-bond donors (Lipinski definition) is 1. The van der Waals surface area contributed by atoms with E-state index in [2.05, 4.69) is 5.32 Å².